The summed E-state index contributed by atoms with van der Waals surface area (Å²) in [6.07, 6.45) is 1.51. The number of fused-ring (bicyclic) bond motifs is 1. The van der Waals surface area contributed by atoms with Gasteiger partial charge in [-0.1, -0.05) is 12.1 Å². The van der Waals surface area contributed by atoms with Crippen LogP contribution in [0.2, 0.25) is 0 Å². The second kappa shape index (κ2) is 7.18. The Bertz CT molecular complexity index is 790. The highest BCUT2D eigenvalue weighted by Crippen LogP contribution is 2.36. The maximum atomic E-state index is 12.0. The number of phenolic OH excluding ortho intramolecular Hbond substituents is 1. The van der Waals surface area contributed by atoms with Crippen LogP contribution in [0.25, 0.3) is 0 Å². The number of aromatic hydroxyl groups is 1. The Labute approximate surface area is 143 Å². The number of hydrogen-bond acceptors (Lipinski definition) is 5. The van der Waals surface area contributed by atoms with Gasteiger partial charge in [0.25, 0.3) is 0 Å². The lowest BCUT2D eigenvalue weighted by Crippen LogP contribution is -2.33. The molecule has 0 saturated carbocycles. The maximum absolute atomic E-state index is 12.0. The standard InChI is InChI=1S/C17H15N3O3S/c21-12-7-5-11(6-8-12)10-18-20-16(22)9-15-17(23)19-13-3-1-2-4-14(13)24-15/h1-8,10,15,21H,9H2,(H,19,23)(H,20,22)/b18-10+/t15-/m1/s1. The molecule has 1 heterocycles. The van der Waals surface area contributed by atoms with Crippen LogP contribution >= 0.6 is 11.8 Å². The van der Waals surface area contributed by atoms with Gasteiger partial charge >= 0.3 is 0 Å². The SMILES string of the molecule is O=C(C[C@H]1Sc2ccccc2NC1=O)N/N=C/c1ccc(O)cc1. The number of thioether (sulfide) groups is 1. The highest BCUT2D eigenvalue weighted by Gasteiger charge is 2.28. The van der Waals surface area contributed by atoms with Crippen LogP contribution in [0.4, 0.5) is 5.69 Å². The highest BCUT2D eigenvalue weighted by molar-refractivity contribution is 8.01. The first-order chi connectivity index (χ1) is 11.6. The topological polar surface area (TPSA) is 90.8 Å². The number of nitrogens with zero attached hydrogens (tertiary/aromatic N) is 1. The molecule has 6 nitrogen and oxygen atoms in total. The molecular formula is C17H15N3O3S. The maximum Gasteiger partial charge on any atom is 0.241 e. The van der Waals surface area contributed by atoms with Gasteiger partial charge in [0, 0.05) is 11.3 Å². The van der Waals surface area contributed by atoms with Crippen LogP contribution in [-0.4, -0.2) is 28.4 Å². The average molecular weight is 341 g/mol. The van der Waals surface area contributed by atoms with Crippen molar-refractivity contribution in [2.24, 2.45) is 5.10 Å². The highest BCUT2D eigenvalue weighted by atomic mass is 32.2. The van der Waals surface area contributed by atoms with Gasteiger partial charge in [-0.2, -0.15) is 5.10 Å². The summed E-state index contributed by atoms with van der Waals surface area (Å²) in [5, 5.41) is 15.4. The van der Waals surface area contributed by atoms with Crippen molar-refractivity contribution < 1.29 is 14.7 Å². The monoisotopic (exact) mass is 341 g/mol. The molecule has 1 aliphatic rings. The average Bonchev–Trinajstić information content (AvgIpc) is 2.57. The quantitative estimate of drug-likeness (QED) is 0.588. The first-order valence-corrected chi connectivity index (χ1v) is 8.17. The zero-order chi connectivity index (χ0) is 16.9. The van der Waals surface area contributed by atoms with Crippen molar-refractivity contribution in [3.8, 4) is 5.75 Å². The number of para-hydroxylation sites is 1. The van der Waals surface area contributed by atoms with E-state index in [-0.39, 0.29) is 24.0 Å². The normalized spacial score (nSPS) is 16.5. The number of carbonyl (C=O) groups is 2. The number of amides is 2. The van der Waals surface area contributed by atoms with E-state index >= 15 is 0 Å². The number of phenols is 1. The van der Waals surface area contributed by atoms with Crippen LogP contribution < -0.4 is 10.7 Å². The summed E-state index contributed by atoms with van der Waals surface area (Å²) in [6, 6.07) is 13.9. The van der Waals surface area contributed by atoms with Crippen LogP contribution in [-0.2, 0) is 9.59 Å². The molecule has 0 saturated heterocycles. The van der Waals surface area contributed by atoms with Gasteiger partial charge in [-0.3, -0.25) is 9.59 Å². The fourth-order valence-corrected chi connectivity index (χ4v) is 3.29. The molecule has 1 atom stereocenters. The summed E-state index contributed by atoms with van der Waals surface area (Å²) in [4.78, 5) is 24.9. The lowest BCUT2D eigenvalue weighted by molar-refractivity contribution is -0.124. The molecule has 0 fully saturated rings. The molecule has 0 bridgehead atoms. The van der Waals surface area contributed by atoms with Gasteiger partial charge in [0.1, 0.15) is 5.75 Å². The van der Waals surface area contributed by atoms with Crippen molar-refractivity contribution in [1.29, 1.82) is 0 Å². The minimum absolute atomic E-state index is 0.0394. The lowest BCUT2D eigenvalue weighted by Gasteiger charge is -2.23. The van der Waals surface area contributed by atoms with E-state index in [4.69, 9.17) is 0 Å². The summed E-state index contributed by atoms with van der Waals surface area (Å²) in [6.45, 7) is 0. The molecule has 7 heteroatoms. The number of rotatable bonds is 4. The van der Waals surface area contributed by atoms with E-state index in [1.165, 1.54) is 30.1 Å². The summed E-state index contributed by atoms with van der Waals surface area (Å²) in [5.41, 5.74) is 3.93. The molecule has 0 aromatic heterocycles. The molecule has 2 amide bonds. The van der Waals surface area contributed by atoms with Crippen molar-refractivity contribution in [2.75, 3.05) is 5.32 Å². The van der Waals surface area contributed by atoms with Crippen LogP contribution in [0.3, 0.4) is 0 Å². The number of hydrogen-bond donors (Lipinski definition) is 3. The molecule has 2 aromatic carbocycles. The molecule has 0 unspecified atom stereocenters. The number of hydrazone groups is 1. The number of anilines is 1. The Morgan fingerprint density at radius 2 is 2.00 bits per heavy atom. The number of benzene rings is 2. The van der Waals surface area contributed by atoms with Crippen molar-refractivity contribution >= 4 is 35.5 Å². The summed E-state index contributed by atoms with van der Waals surface area (Å²) in [5.74, 6) is -0.356. The van der Waals surface area contributed by atoms with E-state index in [1.807, 2.05) is 24.3 Å². The first kappa shape index (κ1) is 16.1. The Balaban J connectivity index is 1.55. The van der Waals surface area contributed by atoms with E-state index < -0.39 is 5.25 Å². The largest absolute Gasteiger partial charge is 0.508 e. The molecule has 0 radical (unpaired) electrons. The van der Waals surface area contributed by atoms with Crippen LogP contribution in [0.5, 0.6) is 5.75 Å². The zero-order valence-electron chi connectivity index (χ0n) is 12.6. The third-order valence-corrected chi connectivity index (χ3v) is 4.65. The lowest BCUT2D eigenvalue weighted by atomic mass is 10.2. The summed E-state index contributed by atoms with van der Waals surface area (Å²) < 4.78 is 0. The Morgan fingerprint density at radius 3 is 2.79 bits per heavy atom. The minimum atomic E-state index is -0.483. The van der Waals surface area contributed by atoms with E-state index in [2.05, 4.69) is 15.8 Å². The molecule has 24 heavy (non-hydrogen) atoms. The Hall–Kier alpha value is -2.80. The van der Waals surface area contributed by atoms with Crippen molar-refractivity contribution in [1.82, 2.24) is 5.43 Å². The molecule has 0 aliphatic carbocycles. The molecule has 3 rings (SSSR count). The van der Waals surface area contributed by atoms with Crippen molar-refractivity contribution in [3.05, 3.63) is 54.1 Å². The fraction of sp³-hybridized carbons (Fsp3) is 0.118. The van der Waals surface area contributed by atoms with Crippen molar-refractivity contribution in [2.45, 2.75) is 16.6 Å². The van der Waals surface area contributed by atoms with Crippen LogP contribution in [0.1, 0.15) is 12.0 Å². The van der Waals surface area contributed by atoms with Gasteiger partial charge in [-0.15, -0.1) is 11.8 Å². The third kappa shape index (κ3) is 3.94. The fourth-order valence-electron chi connectivity index (χ4n) is 2.18. The number of carbonyl (C=O) groups excluding carboxylic acids is 2. The van der Waals surface area contributed by atoms with Crippen molar-refractivity contribution in [3.63, 3.8) is 0 Å². The van der Waals surface area contributed by atoms with E-state index in [9.17, 15) is 14.7 Å². The predicted octanol–water partition coefficient (Wildman–Crippen LogP) is 2.35. The smallest absolute Gasteiger partial charge is 0.241 e. The van der Waals surface area contributed by atoms with Gasteiger partial charge in [0.15, 0.2) is 0 Å². The molecule has 122 valence electrons. The second-order valence-electron chi connectivity index (χ2n) is 5.18. The molecule has 2 aromatic rings. The first-order valence-electron chi connectivity index (χ1n) is 7.29. The van der Waals surface area contributed by atoms with Gasteiger partial charge in [0.2, 0.25) is 11.8 Å². The van der Waals surface area contributed by atoms with Crippen LogP contribution in [0.15, 0.2) is 58.5 Å². The zero-order valence-corrected chi connectivity index (χ0v) is 13.4. The third-order valence-electron chi connectivity index (χ3n) is 3.37. The molecular weight excluding hydrogens is 326 g/mol. The van der Waals surface area contributed by atoms with Crippen LogP contribution in [0, 0.1) is 0 Å². The Kier molecular flexibility index (Phi) is 4.81. The van der Waals surface area contributed by atoms with Gasteiger partial charge in [-0.25, -0.2) is 5.43 Å². The van der Waals surface area contributed by atoms with Gasteiger partial charge in [0.05, 0.1) is 17.2 Å². The van der Waals surface area contributed by atoms with E-state index in [1.54, 1.807) is 12.1 Å². The molecule has 3 N–H and O–H groups in total. The number of nitrogens with one attached hydrogen (secondary N) is 2. The molecule has 0 spiro atoms. The van der Waals surface area contributed by atoms with Gasteiger partial charge < -0.3 is 10.4 Å². The minimum Gasteiger partial charge on any atom is -0.508 e. The molecule has 1 aliphatic heterocycles. The van der Waals surface area contributed by atoms with Gasteiger partial charge in [-0.05, 0) is 42.0 Å². The van der Waals surface area contributed by atoms with E-state index in [0.717, 1.165) is 16.1 Å². The summed E-state index contributed by atoms with van der Waals surface area (Å²) in [7, 11) is 0. The Morgan fingerprint density at radius 1 is 1.25 bits per heavy atom. The second-order valence-corrected chi connectivity index (χ2v) is 6.43. The predicted molar refractivity (Wildman–Crippen MR) is 93.2 cm³/mol. The van der Waals surface area contributed by atoms with E-state index in [0.29, 0.717) is 0 Å². The summed E-state index contributed by atoms with van der Waals surface area (Å²) >= 11 is 1.37.